The lowest BCUT2D eigenvalue weighted by atomic mass is 10.3. The van der Waals surface area contributed by atoms with Crippen molar-refractivity contribution < 1.29 is 9.59 Å². The van der Waals surface area contributed by atoms with Gasteiger partial charge in [0.25, 0.3) is 5.91 Å². The molecule has 1 aliphatic rings. The summed E-state index contributed by atoms with van der Waals surface area (Å²) in [4.78, 5) is 20.8. The van der Waals surface area contributed by atoms with Gasteiger partial charge in [-0.2, -0.15) is 0 Å². The number of thiol groups is 1. The SMILES string of the molecule is O=C(S)C1N=NNC1=O. The highest BCUT2D eigenvalue weighted by molar-refractivity contribution is 7.96. The predicted octanol–water partition coefficient (Wildman–Crippen LogP) is -0.692. The first-order valence-corrected chi connectivity index (χ1v) is 2.59. The fraction of sp³-hybridized carbons (Fsp3) is 0.333. The van der Waals surface area contributed by atoms with Crippen molar-refractivity contribution in [2.45, 2.75) is 6.04 Å². The summed E-state index contributed by atoms with van der Waals surface area (Å²) in [6, 6.07) is -1.03. The monoisotopic (exact) mass is 145 g/mol. The van der Waals surface area contributed by atoms with E-state index in [-0.39, 0.29) is 0 Å². The molecule has 0 spiro atoms. The zero-order chi connectivity index (χ0) is 6.85. The van der Waals surface area contributed by atoms with Crippen LogP contribution in [0.4, 0.5) is 0 Å². The van der Waals surface area contributed by atoms with E-state index in [2.05, 4.69) is 23.0 Å². The maximum Gasteiger partial charge on any atom is 0.276 e. The highest BCUT2D eigenvalue weighted by Gasteiger charge is 2.27. The predicted molar refractivity (Wildman–Crippen MR) is 30.8 cm³/mol. The number of hydrogen-bond acceptors (Lipinski definition) is 4. The fourth-order valence-corrected chi connectivity index (χ4v) is 0.580. The minimum Gasteiger partial charge on any atom is -0.284 e. The molecule has 48 valence electrons. The van der Waals surface area contributed by atoms with Gasteiger partial charge in [-0.25, -0.2) is 5.43 Å². The van der Waals surface area contributed by atoms with E-state index >= 15 is 0 Å². The van der Waals surface area contributed by atoms with Gasteiger partial charge in [-0.05, 0) is 0 Å². The second-order valence-electron chi connectivity index (χ2n) is 1.43. The van der Waals surface area contributed by atoms with E-state index < -0.39 is 17.1 Å². The summed E-state index contributed by atoms with van der Waals surface area (Å²) in [6.07, 6.45) is 0. The third kappa shape index (κ3) is 1.07. The van der Waals surface area contributed by atoms with Gasteiger partial charge in [0.15, 0.2) is 0 Å². The summed E-state index contributed by atoms with van der Waals surface area (Å²) in [5.74, 6) is -0.519. The molecule has 1 atom stereocenters. The molecule has 0 fully saturated rings. The highest BCUT2D eigenvalue weighted by atomic mass is 32.1. The average molecular weight is 145 g/mol. The molecule has 0 bridgehead atoms. The zero-order valence-corrected chi connectivity index (χ0v) is 5.13. The summed E-state index contributed by atoms with van der Waals surface area (Å²) in [6.45, 7) is 0. The molecule has 6 heteroatoms. The molecule has 0 aromatic rings. The van der Waals surface area contributed by atoms with Gasteiger partial charge in [-0.1, -0.05) is 5.22 Å². The minimum atomic E-state index is -1.03. The van der Waals surface area contributed by atoms with Crippen LogP contribution in [-0.4, -0.2) is 17.1 Å². The Morgan fingerprint density at radius 3 is 2.67 bits per heavy atom. The Kier molecular flexibility index (Phi) is 1.48. The average Bonchev–Trinajstić information content (AvgIpc) is 2.13. The fourth-order valence-electron chi connectivity index (χ4n) is 0.411. The van der Waals surface area contributed by atoms with E-state index in [9.17, 15) is 9.59 Å². The molecule has 0 aliphatic carbocycles. The second-order valence-corrected chi connectivity index (χ2v) is 1.87. The Hall–Kier alpha value is -0.910. The van der Waals surface area contributed by atoms with Gasteiger partial charge < -0.3 is 0 Å². The molecule has 1 amide bonds. The van der Waals surface area contributed by atoms with E-state index in [4.69, 9.17) is 0 Å². The number of rotatable bonds is 1. The summed E-state index contributed by atoms with van der Waals surface area (Å²) in [5.41, 5.74) is 2.00. The van der Waals surface area contributed by atoms with Gasteiger partial charge in [-0.15, -0.1) is 17.7 Å². The van der Waals surface area contributed by atoms with Crippen LogP contribution in [0.25, 0.3) is 0 Å². The number of hydrogen-bond donors (Lipinski definition) is 2. The molecule has 1 heterocycles. The molecule has 0 aromatic heterocycles. The Labute approximate surface area is 55.9 Å². The van der Waals surface area contributed by atoms with Gasteiger partial charge in [-0.3, -0.25) is 9.59 Å². The molecule has 9 heavy (non-hydrogen) atoms. The van der Waals surface area contributed by atoms with Crippen LogP contribution in [0.2, 0.25) is 0 Å². The Morgan fingerprint density at radius 1 is 1.78 bits per heavy atom. The Balaban J connectivity index is 2.71. The van der Waals surface area contributed by atoms with Crippen molar-refractivity contribution in [1.82, 2.24) is 5.43 Å². The molecule has 0 aromatic carbocycles. The van der Waals surface area contributed by atoms with Gasteiger partial charge in [0.2, 0.25) is 11.2 Å². The molecule has 1 aliphatic heterocycles. The van der Waals surface area contributed by atoms with E-state index in [1.54, 1.807) is 0 Å². The third-order valence-corrected chi connectivity index (χ3v) is 1.06. The van der Waals surface area contributed by atoms with Crippen LogP contribution in [-0.2, 0) is 9.59 Å². The van der Waals surface area contributed by atoms with Crippen molar-refractivity contribution >= 4 is 23.7 Å². The van der Waals surface area contributed by atoms with E-state index in [1.807, 2.05) is 5.43 Å². The number of nitrogens with zero attached hydrogens (tertiary/aromatic N) is 2. The summed E-state index contributed by atoms with van der Waals surface area (Å²) in [5, 5.41) is 5.79. The molecule has 1 rings (SSSR count). The van der Waals surface area contributed by atoms with Crippen LogP contribution in [0.1, 0.15) is 0 Å². The van der Waals surface area contributed by atoms with Gasteiger partial charge in [0.05, 0.1) is 0 Å². The maximum atomic E-state index is 10.4. The van der Waals surface area contributed by atoms with Crippen molar-refractivity contribution in [2.75, 3.05) is 0 Å². The highest BCUT2D eigenvalue weighted by Crippen LogP contribution is 2.02. The van der Waals surface area contributed by atoms with Crippen LogP contribution in [0.3, 0.4) is 0 Å². The molecule has 5 nitrogen and oxygen atoms in total. The van der Waals surface area contributed by atoms with Crippen LogP contribution in [0.15, 0.2) is 10.3 Å². The second kappa shape index (κ2) is 2.14. The van der Waals surface area contributed by atoms with E-state index in [0.717, 1.165) is 0 Å². The van der Waals surface area contributed by atoms with Crippen molar-refractivity contribution in [3.8, 4) is 0 Å². The molecule has 0 saturated heterocycles. The maximum absolute atomic E-state index is 10.4. The third-order valence-electron chi connectivity index (χ3n) is 0.816. The van der Waals surface area contributed by atoms with Crippen molar-refractivity contribution in [3.05, 3.63) is 0 Å². The molecule has 1 N–H and O–H groups in total. The summed E-state index contributed by atoms with van der Waals surface area (Å²) in [7, 11) is 0. The lowest BCUT2D eigenvalue weighted by Gasteiger charge is -1.91. The molecule has 0 saturated carbocycles. The summed E-state index contributed by atoms with van der Waals surface area (Å²) < 4.78 is 0. The van der Waals surface area contributed by atoms with Gasteiger partial charge >= 0.3 is 0 Å². The minimum absolute atomic E-state index is 0.519. The Morgan fingerprint density at radius 2 is 2.44 bits per heavy atom. The number of carbonyl (C=O) groups excluding carboxylic acids is 2. The van der Waals surface area contributed by atoms with Crippen LogP contribution in [0.5, 0.6) is 0 Å². The Bertz CT molecular complexity index is 189. The number of amides is 1. The number of carbonyl (C=O) groups is 2. The van der Waals surface area contributed by atoms with Crippen LogP contribution in [0, 0.1) is 0 Å². The normalized spacial score (nSPS) is 24.1. The molecular formula is C3H3N3O2S. The largest absolute Gasteiger partial charge is 0.284 e. The standard InChI is InChI=1S/C3H3N3O2S/c7-2-1(3(8)9)4-6-5-2/h1H,(H,8,9)(H,4,5,7). The smallest absolute Gasteiger partial charge is 0.276 e. The van der Waals surface area contributed by atoms with Gasteiger partial charge in [0.1, 0.15) is 0 Å². The van der Waals surface area contributed by atoms with E-state index in [1.165, 1.54) is 0 Å². The van der Waals surface area contributed by atoms with Crippen molar-refractivity contribution in [2.24, 2.45) is 10.3 Å². The molecule has 0 radical (unpaired) electrons. The lowest BCUT2D eigenvalue weighted by Crippen LogP contribution is -2.27. The first-order valence-electron chi connectivity index (χ1n) is 2.14. The number of nitrogens with one attached hydrogen (secondary N) is 1. The zero-order valence-electron chi connectivity index (χ0n) is 4.24. The van der Waals surface area contributed by atoms with Crippen molar-refractivity contribution in [3.63, 3.8) is 0 Å². The molecule has 1 unspecified atom stereocenters. The molecular weight excluding hydrogens is 142 g/mol. The van der Waals surface area contributed by atoms with Crippen LogP contribution < -0.4 is 5.43 Å². The lowest BCUT2D eigenvalue weighted by molar-refractivity contribution is -0.124. The quantitative estimate of drug-likeness (QED) is 0.378. The van der Waals surface area contributed by atoms with Crippen molar-refractivity contribution in [1.29, 1.82) is 0 Å². The van der Waals surface area contributed by atoms with Gasteiger partial charge in [0, 0.05) is 0 Å². The van der Waals surface area contributed by atoms with E-state index in [0.29, 0.717) is 0 Å². The van der Waals surface area contributed by atoms with Crippen LogP contribution >= 0.6 is 12.6 Å². The first-order chi connectivity index (χ1) is 4.22. The topological polar surface area (TPSA) is 70.9 Å². The summed E-state index contributed by atoms with van der Waals surface area (Å²) >= 11 is 3.40. The first kappa shape index (κ1) is 6.21.